The SMILES string of the molecule is OC1(C2CCCCC2)CCCC(C(F)(F)F)C1. The smallest absolute Gasteiger partial charge is 0.390 e. The minimum atomic E-state index is -4.14. The molecule has 0 spiro atoms. The summed E-state index contributed by atoms with van der Waals surface area (Å²) in [5.41, 5.74) is -1.04. The van der Waals surface area contributed by atoms with Gasteiger partial charge in [-0.3, -0.25) is 0 Å². The molecule has 0 heterocycles. The molecule has 0 bridgehead atoms. The van der Waals surface area contributed by atoms with Crippen LogP contribution in [0.3, 0.4) is 0 Å². The van der Waals surface area contributed by atoms with E-state index in [4.69, 9.17) is 0 Å². The van der Waals surface area contributed by atoms with Gasteiger partial charge in [-0.2, -0.15) is 13.2 Å². The summed E-state index contributed by atoms with van der Waals surface area (Å²) in [5.74, 6) is -1.19. The Labute approximate surface area is 100 Å². The van der Waals surface area contributed by atoms with Crippen LogP contribution in [0, 0.1) is 11.8 Å². The molecule has 1 N–H and O–H groups in total. The molecule has 2 atom stereocenters. The summed E-state index contributed by atoms with van der Waals surface area (Å²) in [6.07, 6.45) is 2.15. The van der Waals surface area contributed by atoms with Gasteiger partial charge in [-0.1, -0.05) is 19.3 Å². The molecule has 2 unspecified atom stereocenters. The van der Waals surface area contributed by atoms with Gasteiger partial charge in [-0.05, 0) is 44.4 Å². The lowest BCUT2D eigenvalue weighted by Crippen LogP contribution is -2.46. The molecule has 0 aliphatic heterocycles. The molecule has 100 valence electrons. The second-order valence-electron chi connectivity index (χ2n) is 5.77. The first-order valence-corrected chi connectivity index (χ1v) is 6.71. The fraction of sp³-hybridized carbons (Fsp3) is 1.00. The van der Waals surface area contributed by atoms with Crippen molar-refractivity contribution in [1.82, 2.24) is 0 Å². The molecule has 0 amide bonds. The van der Waals surface area contributed by atoms with E-state index in [1.165, 1.54) is 0 Å². The third-order valence-electron chi connectivity index (χ3n) is 4.59. The molecule has 2 aliphatic rings. The highest BCUT2D eigenvalue weighted by atomic mass is 19.4. The van der Waals surface area contributed by atoms with Gasteiger partial charge in [0.2, 0.25) is 0 Å². The predicted molar refractivity (Wildman–Crippen MR) is 59.5 cm³/mol. The van der Waals surface area contributed by atoms with E-state index in [0.29, 0.717) is 12.8 Å². The van der Waals surface area contributed by atoms with Crippen LogP contribution in [0.1, 0.15) is 57.8 Å². The minimum Gasteiger partial charge on any atom is -0.390 e. The van der Waals surface area contributed by atoms with Gasteiger partial charge in [-0.25, -0.2) is 0 Å². The lowest BCUT2D eigenvalue weighted by Gasteiger charge is -2.44. The lowest BCUT2D eigenvalue weighted by atomic mass is 9.67. The molecule has 4 heteroatoms. The van der Waals surface area contributed by atoms with Gasteiger partial charge >= 0.3 is 6.18 Å². The van der Waals surface area contributed by atoms with Gasteiger partial charge in [0.1, 0.15) is 0 Å². The first-order valence-electron chi connectivity index (χ1n) is 6.71. The van der Waals surface area contributed by atoms with E-state index in [0.717, 1.165) is 32.1 Å². The zero-order valence-corrected chi connectivity index (χ0v) is 10.1. The number of hydrogen-bond donors (Lipinski definition) is 1. The minimum absolute atomic E-state index is 0.0683. The highest BCUT2D eigenvalue weighted by Gasteiger charge is 2.49. The fourth-order valence-electron chi connectivity index (χ4n) is 3.58. The number of alkyl halides is 3. The van der Waals surface area contributed by atoms with E-state index in [-0.39, 0.29) is 18.8 Å². The molecule has 17 heavy (non-hydrogen) atoms. The molecular formula is C13H21F3O. The van der Waals surface area contributed by atoms with Gasteiger partial charge in [0, 0.05) is 0 Å². The molecule has 0 aromatic carbocycles. The van der Waals surface area contributed by atoms with Gasteiger partial charge < -0.3 is 5.11 Å². The topological polar surface area (TPSA) is 20.2 Å². The third kappa shape index (κ3) is 2.95. The van der Waals surface area contributed by atoms with Crippen molar-refractivity contribution in [3.8, 4) is 0 Å². The highest BCUT2D eigenvalue weighted by Crippen LogP contribution is 2.47. The Morgan fingerprint density at radius 3 is 2.18 bits per heavy atom. The molecule has 0 aromatic heterocycles. The van der Waals surface area contributed by atoms with Crippen molar-refractivity contribution in [2.24, 2.45) is 11.8 Å². The van der Waals surface area contributed by atoms with E-state index in [1.807, 2.05) is 0 Å². The number of hydrogen-bond acceptors (Lipinski definition) is 1. The van der Waals surface area contributed by atoms with Crippen molar-refractivity contribution in [3.63, 3.8) is 0 Å². The largest absolute Gasteiger partial charge is 0.391 e. The van der Waals surface area contributed by atoms with Crippen LogP contribution >= 0.6 is 0 Å². The predicted octanol–water partition coefficient (Wildman–Crippen LogP) is 4.05. The molecule has 2 aliphatic carbocycles. The lowest BCUT2D eigenvalue weighted by molar-refractivity contribution is -0.208. The summed E-state index contributed by atoms with van der Waals surface area (Å²) < 4.78 is 38.2. The Morgan fingerprint density at radius 2 is 1.59 bits per heavy atom. The quantitative estimate of drug-likeness (QED) is 0.744. The second-order valence-corrected chi connectivity index (χ2v) is 5.77. The van der Waals surface area contributed by atoms with Crippen molar-refractivity contribution in [3.05, 3.63) is 0 Å². The molecule has 0 radical (unpaired) electrons. The normalized spacial score (nSPS) is 37.1. The van der Waals surface area contributed by atoms with Crippen molar-refractivity contribution in [2.45, 2.75) is 69.6 Å². The zero-order chi connectivity index (χ0) is 12.5. The first-order chi connectivity index (χ1) is 7.92. The Kier molecular flexibility index (Phi) is 3.71. The Morgan fingerprint density at radius 1 is 0.941 bits per heavy atom. The number of rotatable bonds is 1. The number of halogens is 3. The van der Waals surface area contributed by atoms with Crippen LogP contribution in [0.2, 0.25) is 0 Å². The summed E-state index contributed by atoms with van der Waals surface area (Å²) in [6, 6.07) is 0. The van der Waals surface area contributed by atoms with E-state index < -0.39 is 17.7 Å². The molecule has 0 saturated heterocycles. The van der Waals surface area contributed by atoms with E-state index in [1.54, 1.807) is 0 Å². The molecule has 2 saturated carbocycles. The summed E-state index contributed by atoms with van der Waals surface area (Å²) >= 11 is 0. The number of aliphatic hydroxyl groups is 1. The Bertz CT molecular complexity index is 258. The zero-order valence-electron chi connectivity index (χ0n) is 10.1. The summed E-state index contributed by atoms with van der Waals surface area (Å²) in [4.78, 5) is 0. The fourth-order valence-corrected chi connectivity index (χ4v) is 3.58. The average molecular weight is 250 g/mol. The van der Waals surface area contributed by atoms with Crippen molar-refractivity contribution in [2.75, 3.05) is 0 Å². The summed E-state index contributed by atoms with van der Waals surface area (Å²) in [7, 11) is 0. The standard InChI is InChI=1S/C13H21F3O/c14-13(15,16)11-7-4-8-12(17,9-11)10-5-2-1-3-6-10/h10-11,17H,1-9H2. The van der Waals surface area contributed by atoms with E-state index in [2.05, 4.69) is 0 Å². The van der Waals surface area contributed by atoms with Gasteiger partial charge in [0.15, 0.2) is 0 Å². The maximum atomic E-state index is 12.7. The van der Waals surface area contributed by atoms with E-state index in [9.17, 15) is 18.3 Å². The third-order valence-corrected chi connectivity index (χ3v) is 4.59. The summed E-state index contributed by atoms with van der Waals surface area (Å²) in [6.45, 7) is 0. The Balaban J connectivity index is 2.03. The van der Waals surface area contributed by atoms with Crippen LogP contribution in [0.25, 0.3) is 0 Å². The van der Waals surface area contributed by atoms with Crippen LogP contribution in [0.5, 0.6) is 0 Å². The van der Waals surface area contributed by atoms with Crippen LogP contribution in [0.15, 0.2) is 0 Å². The van der Waals surface area contributed by atoms with Crippen LogP contribution in [-0.2, 0) is 0 Å². The first kappa shape index (κ1) is 13.2. The van der Waals surface area contributed by atoms with Crippen molar-refractivity contribution >= 4 is 0 Å². The van der Waals surface area contributed by atoms with Crippen molar-refractivity contribution < 1.29 is 18.3 Å². The maximum absolute atomic E-state index is 12.7. The molecular weight excluding hydrogens is 229 g/mol. The summed E-state index contributed by atoms with van der Waals surface area (Å²) in [5, 5.41) is 10.5. The maximum Gasteiger partial charge on any atom is 0.391 e. The van der Waals surface area contributed by atoms with Crippen LogP contribution in [0.4, 0.5) is 13.2 Å². The van der Waals surface area contributed by atoms with Gasteiger partial charge in [-0.15, -0.1) is 0 Å². The monoisotopic (exact) mass is 250 g/mol. The second kappa shape index (κ2) is 4.79. The van der Waals surface area contributed by atoms with Crippen LogP contribution in [-0.4, -0.2) is 16.9 Å². The van der Waals surface area contributed by atoms with Gasteiger partial charge in [0.25, 0.3) is 0 Å². The Hall–Kier alpha value is -0.250. The molecule has 0 aromatic rings. The van der Waals surface area contributed by atoms with Crippen LogP contribution < -0.4 is 0 Å². The molecule has 2 fully saturated rings. The van der Waals surface area contributed by atoms with Crippen molar-refractivity contribution in [1.29, 1.82) is 0 Å². The average Bonchev–Trinajstić information content (AvgIpc) is 2.29. The van der Waals surface area contributed by atoms with E-state index >= 15 is 0 Å². The molecule has 1 nitrogen and oxygen atoms in total. The highest BCUT2D eigenvalue weighted by molar-refractivity contribution is 4.94. The van der Waals surface area contributed by atoms with Gasteiger partial charge in [0.05, 0.1) is 11.5 Å². The molecule has 2 rings (SSSR count).